The van der Waals surface area contributed by atoms with Gasteiger partial charge in [0.2, 0.25) is 0 Å². The van der Waals surface area contributed by atoms with Crippen molar-refractivity contribution in [2.24, 2.45) is 4.99 Å². The molecule has 0 atom stereocenters. The molecule has 1 heterocycles. The molecule has 0 fully saturated rings. The second-order valence-corrected chi connectivity index (χ2v) is 8.29. The van der Waals surface area contributed by atoms with Crippen molar-refractivity contribution in [1.82, 2.24) is 4.57 Å². The van der Waals surface area contributed by atoms with E-state index in [0.29, 0.717) is 0 Å². The SMILES string of the molecule is CCn1c(-c2ccccc2)c(C)sc1=NC(=O)C(c1ccccc1)c1ccccc1. The Morgan fingerprint density at radius 1 is 0.867 bits per heavy atom. The van der Waals surface area contributed by atoms with E-state index in [1.807, 2.05) is 78.9 Å². The van der Waals surface area contributed by atoms with E-state index in [1.54, 1.807) is 11.3 Å². The Balaban J connectivity index is 1.83. The van der Waals surface area contributed by atoms with Crippen LogP contribution < -0.4 is 4.80 Å². The fourth-order valence-electron chi connectivity index (χ4n) is 3.79. The summed E-state index contributed by atoms with van der Waals surface area (Å²) in [6.07, 6.45) is 0. The molecule has 0 radical (unpaired) electrons. The summed E-state index contributed by atoms with van der Waals surface area (Å²) in [6.45, 7) is 4.94. The molecule has 0 spiro atoms. The Morgan fingerprint density at radius 2 is 1.37 bits per heavy atom. The Kier molecular flexibility index (Phi) is 6.05. The molecule has 3 aromatic carbocycles. The highest BCUT2D eigenvalue weighted by atomic mass is 32.1. The van der Waals surface area contributed by atoms with Gasteiger partial charge < -0.3 is 4.57 Å². The number of rotatable bonds is 5. The largest absolute Gasteiger partial charge is 0.316 e. The van der Waals surface area contributed by atoms with Crippen molar-refractivity contribution < 1.29 is 4.79 Å². The summed E-state index contributed by atoms with van der Waals surface area (Å²) < 4.78 is 2.14. The first-order valence-electron chi connectivity index (χ1n) is 10.1. The maximum Gasteiger partial charge on any atom is 0.260 e. The van der Waals surface area contributed by atoms with Gasteiger partial charge in [0.25, 0.3) is 5.91 Å². The van der Waals surface area contributed by atoms with Gasteiger partial charge in [-0.05, 0) is 30.5 Å². The molecule has 0 saturated carbocycles. The lowest BCUT2D eigenvalue weighted by atomic mass is 9.91. The van der Waals surface area contributed by atoms with E-state index < -0.39 is 5.92 Å². The quantitative estimate of drug-likeness (QED) is 0.408. The number of hydrogen-bond donors (Lipinski definition) is 0. The van der Waals surface area contributed by atoms with E-state index in [4.69, 9.17) is 0 Å². The second-order valence-electron chi connectivity index (χ2n) is 7.10. The van der Waals surface area contributed by atoms with E-state index in [-0.39, 0.29) is 5.91 Å². The van der Waals surface area contributed by atoms with Crippen molar-refractivity contribution in [2.45, 2.75) is 26.3 Å². The third kappa shape index (κ3) is 4.05. The average molecular weight is 413 g/mol. The summed E-state index contributed by atoms with van der Waals surface area (Å²) >= 11 is 1.57. The second kappa shape index (κ2) is 9.06. The van der Waals surface area contributed by atoms with Gasteiger partial charge in [0.15, 0.2) is 4.80 Å². The van der Waals surface area contributed by atoms with Crippen LogP contribution in [0.3, 0.4) is 0 Å². The Bertz CT molecular complexity index is 1150. The molecule has 4 heteroatoms. The lowest BCUT2D eigenvalue weighted by molar-refractivity contribution is -0.118. The highest BCUT2D eigenvalue weighted by Gasteiger charge is 2.23. The molecule has 1 aromatic heterocycles. The summed E-state index contributed by atoms with van der Waals surface area (Å²) in [5.41, 5.74) is 4.18. The van der Waals surface area contributed by atoms with Crippen molar-refractivity contribution >= 4 is 17.2 Å². The summed E-state index contributed by atoms with van der Waals surface area (Å²) in [5.74, 6) is -0.559. The number of aryl methyl sites for hydroxylation is 1. The Hall–Kier alpha value is -3.24. The van der Waals surface area contributed by atoms with E-state index in [2.05, 4.69) is 35.5 Å². The first-order valence-corrected chi connectivity index (χ1v) is 10.9. The predicted octanol–water partition coefficient (Wildman–Crippen LogP) is 5.80. The Morgan fingerprint density at radius 3 is 1.87 bits per heavy atom. The Labute approximate surface area is 181 Å². The zero-order valence-corrected chi connectivity index (χ0v) is 18.0. The first-order chi connectivity index (χ1) is 14.7. The van der Waals surface area contributed by atoms with Crippen LogP contribution in [0.5, 0.6) is 0 Å². The number of carbonyl (C=O) groups excluding carboxylic acids is 1. The molecular formula is C26H24N2OS. The van der Waals surface area contributed by atoms with Gasteiger partial charge in [0, 0.05) is 11.4 Å². The van der Waals surface area contributed by atoms with Gasteiger partial charge in [-0.25, -0.2) is 0 Å². The van der Waals surface area contributed by atoms with Crippen molar-refractivity contribution in [3.05, 3.63) is 112 Å². The fourth-order valence-corrected chi connectivity index (χ4v) is 4.85. The highest BCUT2D eigenvalue weighted by Crippen LogP contribution is 2.27. The van der Waals surface area contributed by atoms with Crippen LogP contribution in [0, 0.1) is 6.92 Å². The fraction of sp³-hybridized carbons (Fsp3) is 0.154. The number of benzene rings is 3. The van der Waals surface area contributed by atoms with Crippen LogP contribution in [0.2, 0.25) is 0 Å². The molecule has 0 aliphatic heterocycles. The minimum Gasteiger partial charge on any atom is -0.316 e. The van der Waals surface area contributed by atoms with Crippen LogP contribution in [0.4, 0.5) is 0 Å². The normalized spacial score (nSPS) is 11.8. The number of nitrogens with zero attached hydrogens (tertiary/aromatic N) is 2. The van der Waals surface area contributed by atoms with Crippen LogP contribution in [0.1, 0.15) is 28.8 Å². The van der Waals surface area contributed by atoms with Crippen LogP contribution in [0.15, 0.2) is 96.0 Å². The van der Waals surface area contributed by atoms with Crippen LogP contribution >= 0.6 is 11.3 Å². The third-order valence-corrected chi connectivity index (χ3v) is 6.15. The molecule has 30 heavy (non-hydrogen) atoms. The molecule has 4 rings (SSSR count). The maximum absolute atomic E-state index is 13.5. The lowest BCUT2D eigenvalue weighted by Crippen LogP contribution is -2.20. The summed E-state index contributed by atoms with van der Waals surface area (Å²) in [5, 5.41) is 0. The molecule has 150 valence electrons. The summed E-state index contributed by atoms with van der Waals surface area (Å²) in [7, 11) is 0. The van der Waals surface area contributed by atoms with Crippen molar-refractivity contribution in [2.75, 3.05) is 0 Å². The van der Waals surface area contributed by atoms with Gasteiger partial charge in [0.1, 0.15) is 0 Å². The molecule has 0 N–H and O–H groups in total. The van der Waals surface area contributed by atoms with Crippen molar-refractivity contribution in [3.63, 3.8) is 0 Å². The van der Waals surface area contributed by atoms with Gasteiger partial charge in [-0.15, -0.1) is 11.3 Å². The van der Waals surface area contributed by atoms with E-state index in [9.17, 15) is 4.79 Å². The smallest absolute Gasteiger partial charge is 0.260 e. The molecule has 0 unspecified atom stereocenters. The molecular weight excluding hydrogens is 388 g/mol. The topological polar surface area (TPSA) is 34.4 Å². The predicted molar refractivity (Wildman–Crippen MR) is 123 cm³/mol. The van der Waals surface area contributed by atoms with Gasteiger partial charge >= 0.3 is 0 Å². The molecule has 0 saturated heterocycles. The third-order valence-electron chi connectivity index (χ3n) is 5.16. The number of hydrogen-bond acceptors (Lipinski definition) is 2. The standard InChI is InChI=1S/C26H24N2OS/c1-3-28-24(22-17-11-6-12-18-22)19(2)30-26(28)27-25(29)23(20-13-7-4-8-14-20)21-15-9-5-10-16-21/h4-18,23H,3H2,1-2H3. The molecule has 4 aromatic rings. The molecule has 0 aliphatic rings. The van der Waals surface area contributed by atoms with Gasteiger partial charge in [-0.3, -0.25) is 4.79 Å². The van der Waals surface area contributed by atoms with Crippen molar-refractivity contribution in [3.8, 4) is 11.3 Å². The van der Waals surface area contributed by atoms with Gasteiger partial charge in [-0.2, -0.15) is 4.99 Å². The number of amides is 1. The number of carbonyl (C=O) groups is 1. The molecule has 3 nitrogen and oxygen atoms in total. The minimum atomic E-state index is -0.416. The van der Waals surface area contributed by atoms with Crippen LogP contribution in [-0.4, -0.2) is 10.5 Å². The highest BCUT2D eigenvalue weighted by molar-refractivity contribution is 7.09. The number of aromatic nitrogens is 1. The summed E-state index contributed by atoms with van der Waals surface area (Å²) in [4.78, 5) is 20.0. The van der Waals surface area contributed by atoms with E-state index >= 15 is 0 Å². The van der Waals surface area contributed by atoms with E-state index in [0.717, 1.165) is 38.6 Å². The zero-order valence-electron chi connectivity index (χ0n) is 17.2. The van der Waals surface area contributed by atoms with Crippen molar-refractivity contribution in [1.29, 1.82) is 0 Å². The summed E-state index contributed by atoms with van der Waals surface area (Å²) in [6, 6.07) is 30.1. The first kappa shape index (κ1) is 20.0. The minimum absolute atomic E-state index is 0.143. The van der Waals surface area contributed by atoms with Crippen LogP contribution in [0.25, 0.3) is 11.3 Å². The maximum atomic E-state index is 13.5. The molecule has 0 bridgehead atoms. The lowest BCUT2D eigenvalue weighted by Gasteiger charge is -2.14. The van der Waals surface area contributed by atoms with Gasteiger partial charge in [-0.1, -0.05) is 91.0 Å². The zero-order chi connectivity index (χ0) is 20.9. The monoisotopic (exact) mass is 412 g/mol. The number of thiazole rings is 1. The average Bonchev–Trinajstić information content (AvgIpc) is 3.10. The molecule has 1 amide bonds. The van der Waals surface area contributed by atoms with Crippen LogP contribution in [-0.2, 0) is 11.3 Å². The van der Waals surface area contributed by atoms with E-state index in [1.165, 1.54) is 0 Å². The molecule has 0 aliphatic carbocycles. The van der Waals surface area contributed by atoms with Gasteiger partial charge in [0.05, 0.1) is 11.6 Å².